The molecule has 0 N–H and O–H groups in total. The molecular formula is C24H34Br4O4. The number of rotatable bonds is 16. The average Bonchev–Trinajstić information content (AvgIpc) is 2.80. The smallest absolute Gasteiger partial charge is 0.351 e. The Kier molecular flexibility index (Phi) is 16.5. The molecular weight excluding hydrogens is 672 g/mol. The molecule has 0 heterocycles. The molecule has 1 aromatic rings. The number of hydrogen-bond acceptors (Lipinski definition) is 4. The Hall–Kier alpha value is 0.0800. The second-order valence-electron chi connectivity index (χ2n) is 8.10. The maximum atomic E-state index is 12.7. The molecule has 8 heteroatoms. The maximum Gasteiger partial charge on any atom is 0.351 e. The summed E-state index contributed by atoms with van der Waals surface area (Å²) in [6.07, 6.45) is 15.2. The molecule has 0 bridgehead atoms. The lowest BCUT2D eigenvalue weighted by molar-refractivity contribution is 0.0764. The van der Waals surface area contributed by atoms with Crippen LogP contribution in [0.2, 0.25) is 0 Å². The van der Waals surface area contributed by atoms with E-state index in [0.29, 0.717) is 32.9 Å². The van der Waals surface area contributed by atoms with Gasteiger partial charge in [0.2, 0.25) is 0 Å². The van der Waals surface area contributed by atoms with Gasteiger partial charge in [0.1, 0.15) is 0 Å². The van der Waals surface area contributed by atoms with Gasteiger partial charge < -0.3 is 7.66 Å². The molecule has 182 valence electrons. The molecule has 1 rings (SSSR count). The summed E-state index contributed by atoms with van der Waals surface area (Å²) in [5.41, 5.74) is 2.69. The summed E-state index contributed by atoms with van der Waals surface area (Å²) in [6.45, 7) is 4.41. The highest BCUT2D eigenvalue weighted by molar-refractivity contribution is 9.13. The summed E-state index contributed by atoms with van der Waals surface area (Å²) < 4.78 is 10.9. The molecule has 0 aliphatic carbocycles. The van der Waals surface area contributed by atoms with E-state index >= 15 is 0 Å². The van der Waals surface area contributed by atoms with E-state index in [1.165, 1.54) is 51.4 Å². The van der Waals surface area contributed by atoms with Gasteiger partial charge in [0.25, 0.3) is 0 Å². The van der Waals surface area contributed by atoms with E-state index in [1.54, 1.807) is 0 Å². The Morgan fingerprint density at radius 2 is 0.906 bits per heavy atom. The first-order valence-electron chi connectivity index (χ1n) is 11.6. The van der Waals surface area contributed by atoms with Crippen LogP contribution < -0.4 is 0 Å². The van der Waals surface area contributed by atoms with Crippen molar-refractivity contribution in [2.75, 3.05) is 0 Å². The van der Waals surface area contributed by atoms with Gasteiger partial charge in [-0.2, -0.15) is 0 Å². The Morgan fingerprint density at radius 3 is 1.22 bits per heavy atom. The van der Waals surface area contributed by atoms with Gasteiger partial charge in [-0.25, -0.2) is 9.59 Å². The highest BCUT2D eigenvalue weighted by atomic mass is 79.9. The summed E-state index contributed by atoms with van der Waals surface area (Å²) in [6, 6.07) is 0. The van der Waals surface area contributed by atoms with Crippen molar-refractivity contribution in [3.05, 3.63) is 31.2 Å². The zero-order chi connectivity index (χ0) is 23.9. The van der Waals surface area contributed by atoms with Gasteiger partial charge in [-0.15, -0.1) is 0 Å². The van der Waals surface area contributed by atoms with Gasteiger partial charge in [-0.3, -0.25) is 0 Å². The zero-order valence-electron chi connectivity index (χ0n) is 19.0. The van der Waals surface area contributed by atoms with Crippen molar-refractivity contribution in [3.8, 4) is 0 Å². The Morgan fingerprint density at radius 1 is 0.594 bits per heavy atom. The van der Waals surface area contributed by atoms with Gasteiger partial charge in [0.05, 0.1) is 11.1 Å². The second-order valence-corrected chi connectivity index (χ2v) is 10.3. The standard InChI is InChI=1S/C24H34Br4O4/c1-3-5-7-9-11-13-15-17-18(16-14-12-10-8-6-4-2)20(24(30)32-28)22(26)21(25)19(17)23(29)31-27/h3-16H2,1-2H3. The largest absolute Gasteiger partial charge is 0.380 e. The van der Waals surface area contributed by atoms with Crippen LogP contribution in [0.3, 0.4) is 0 Å². The van der Waals surface area contributed by atoms with Crippen molar-refractivity contribution in [1.29, 1.82) is 0 Å². The minimum Gasteiger partial charge on any atom is -0.380 e. The predicted octanol–water partition coefficient (Wildman–Crippen LogP) is 9.95. The summed E-state index contributed by atoms with van der Waals surface area (Å²) in [5.74, 6) is -0.942. The van der Waals surface area contributed by atoms with Crippen LogP contribution in [-0.2, 0) is 20.5 Å². The van der Waals surface area contributed by atoms with Gasteiger partial charge in [0.15, 0.2) is 32.5 Å². The van der Waals surface area contributed by atoms with Crippen LogP contribution in [0.15, 0.2) is 8.95 Å². The fraction of sp³-hybridized carbons (Fsp3) is 0.667. The summed E-state index contributed by atoms with van der Waals surface area (Å²) in [4.78, 5) is 25.4. The van der Waals surface area contributed by atoms with E-state index in [-0.39, 0.29) is 0 Å². The fourth-order valence-electron chi connectivity index (χ4n) is 4.00. The van der Waals surface area contributed by atoms with Crippen LogP contribution >= 0.6 is 64.4 Å². The molecule has 32 heavy (non-hydrogen) atoms. The maximum absolute atomic E-state index is 12.7. The Bertz CT molecular complexity index is 676. The molecule has 0 saturated carbocycles. The third-order valence-corrected chi connectivity index (χ3v) is 8.41. The SMILES string of the molecule is CCCCCCCCc1c(CCCCCCCC)c(C(=O)OBr)c(Br)c(Br)c1C(=O)OBr. The quantitative estimate of drug-likeness (QED) is 0.161. The monoisotopic (exact) mass is 702 g/mol. The molecule has 4 nitrogen and oxygen atoms in total. The first-order chi connectivity index (χ1) is 15.4. The van der Waals surface area contributed by atoms with Gasteiger partial charge in [-0.1, -0.05) is 78.1 Å². The number of carbonyl (C=O) groups is 2. The molecule has 0 aliphatic heterocycles. The lowest BCUT2D eigenvalue weighted by atomic mass is 9.88. The third kappa shape index (κ3) is 9.38. The number of carbonyl (C=O) groups excluding carboxylic acids is 2. The van der Waals surface area contributed by atoms with Gasteiger partial charge in [0, 0.05) is 8.95 Å². The summed E-state index contributed by atoms with van der Waals surface area (Å²) in [5, 5.41) is 0. The predicted molar refractivity (Wildman–Crippen MR) is 145 cm³/mol. The minimum absolute atomic E-state index is 0.467. The Labute approximate surface area is 227 Å². The molecule has 0 aromatic heterocycles. The lowest BCUT2D eigenvalue weighted by Crippen LogP contribution is -2.15. The normalized spacial score (nSPS) is 10.9. The number of benzene rings is 1. The van der Waals surface area contributed by atoms with Crippen molar-refractivity contribution < 1.29 is 17.2 Å². The topological polar surface area (TPSA) is 52.6 Å². The van der Waals surface area contributed by atoms with Gasteiger partial charge >= 0.3 is 11.9 Å². The molecule has 0 amide bonds. The Balaban J connectivity index is 3.28. The van der Waals surface area contributed by atoms with E-state index in [1.807, 2.05) is 0 Å². The number of unbranched alkanes of at least 4 members (excludes halogenated alkanes) is 10. The zero-order valence-corrected chi connectivity index (χ0v) is 25.4. The molecule has 1 aromatic carbocycles. The van der Waals surface area contributed by atoms with E-state index < -0.39 is 11.9 Å². The average molecular weight is 706 g/mol. The van der Waals surface area contributed by atoms with Crippen molar-refractivity contribution in [3.63, 3.8) is 0 Å². The van der Waals surface area contributed by atoms with E-state index in [4.69, 9.17) is 7.66 Å². The van der Waals surface area contributed by atoms with Crippen molar-refractivity contribution in [2.24, 2.45) is 0 Å². The summed E-state index contributed by atoms with van der Waals surface area (Å²) >= 11 is 12.7. The molecule has 0 aliphatic rings. The number of hydrogen-bond donors (Lipinski definition) is 0. The van der Waals surface area contributed by atoms with Crippen LogP contribution in [0.25, 0.3) is 0 Å². The highest BCUT2D eigenvalue weighted by Crippen LogP contribution is 2.39. The molecule has 0 fully saturated rings. The lowest BCUT2D eigenvalue weighted by Gasteiger charge is -2.20. The minimum atomic E-state index is -0.471. The van der Waals surface area contributed by atoms with Crippen molar-refractivity contribution in [2.45, 2.75) is 104 Å². The molecule has 0 spiro atoms. The van der Waals surface area contributed by atoms with Crippen LogP contribution in [-0.4, -0.2) is 11.9 Å². The highest BCUT2D eigenvalue weighted by Gasteiger charge is 2.29. The van der Waals surface area contributed by atoms with Crippen molar-refractivity contribution in [1.82, 2.24) is 0 Å². The second kappa shape index (κ2) is 17.5. The van der Waals surface area contributed by atoms with Crippen LogP contribution in [0, 0.1) is 0 Å². The molecule has 0 unspecified atom stereocenters. The van der Waals surface area contributed by atoms with Crippen LogP contribution in [0.4, 0.5) is 0 Å². The molecule has 0 atom stereocenters. The van der Waals surface area contributed by atoms with E-state index in [9.17, 15) is 9.59 Å². The fourth-order valence-corrected chi connectivity index (χ4v) is 5.53. The molecule has 0 saturated heterocycles. The van der Waals surface area contributed by atoms with E-state index in [0.717, 1.165) is 36.8 Å². The van der Waals surface area contributed by atoms with Crippen molar-refractivity contribution >= 4 is 76.3 Å². The molecule has 0 radical (unpaired) electrons. The van der Waals surface area contributed by atoms with Gasteiger partial charge in [-0.05, 0) is 68.7 Å². The van der Waals surface area contributed by atoms with Crippen LogP contribution in [0.5, 0.6) is 0 Å². The van der Waals surface area contributed by atoms with Crippen LogP contribution in [0.1, 0.15) is 123 Å². The summed E-state index contributed by atoms with van der Waals surface area (Å²) in [7, 11) is 0. The van der Waals surface area contributed by atoms with E-state index in [2.05, 4.69) is 78.2 Å². The third-order valence-electron chi connectivity index (χ3n) is 5.71. The first kappa shape index (κ1) is 30.1. The first-order valence-corrected chi connectivity index (χ1v) is 14.5. The number of halogens is 4.